The van der Waals surface area contributed by atoms with Crippen molar-refractivity contribution >= 4 is 55.5 Å². The molecule has 4 rings (SSSR count). The van der Waals surface area contributed by atoms with Gasteiger partial charge in [0, 0.05) is 32.5 Å². The minimum Gasteiger partial charge on any atom is -0.480 e. The fourth-order valence-corrected chi connectivity index (χ4v) is 4.42. The highest BCUT2D eigenvalue weighted by molar-refractivity contribution is 9.10. The Morgan fingerprint density at radius 2 is 1.85 bits per heavy atom. The number of carboxylic acids is 1. The highest BCUT2D eigenvalue weighted by Gasteiger charge is 2.18. The van der Waals surface area contributed by atoms with Crippen LogP contribution in [0.15, 0.2) is 70.3 Å². The summed E-state index contributed by atoms with van der Waals surface area (Å²) in [6.45, 7) is 1.70. The molecule has 0 amide bonds. The summed E-state index contributed by atoms with van der Waals surface area (Å²) in [4.78, 5) is 16.7. The first kappa shape index (κ1) is 17.1. The van der Waals surface area contributed by atoms with Crippen molar-refractivity contribution in [2.24, 2.45) is 0 Å². The SMILES string of the molecule is CC(Sc1cn(-c2ccc(Br)c3ccccc23)c2ncccc12)C(=O)O. The molecule has 2 heterocycles. The Balaban J connectivity index is 1.96. The van der Waals surface area contributed by atoms with E-state index < -0.39 is 11.2 Å². The van der Waals surface area contributed by atoms with Crippen LogP contribution in [0.1, 0.15) is 6.92 Å². The predicted molar refractivity (Wildman–Crippen MR) is 109 cm³/mol. The van der Waals surface area contributed by atoms with Crippen LogP contribution >= 0.6 is 27.7 Å². The second-order valence-electron chi connectivity index (χ2n) is 5.95. The number of thioether (sulfide) groups is 1. The van der Waals surface area contributed by atoms with E-state index in [-0.39, 0.29) is 0 Å². The van der Waals surface area contributed by atoms with Crippen LogP contribution in [0.2, 0.25) is 0 Å². The zero-order chi connectivity index (χ0) is 18.3. The van der Waals surface area contributed by atoms with Crippen LogP contribution in [-0.4, -0.2) is 25.9 Å². The lowest BCUT2D eigenvalue weighted by Gasteiger charge is -2.10. The molecule has 0 aliphatic carbocycles. The van der Waals surface area contributed by atoms with Gasteiger partial charge in [0.1, 0.15) is 10.9 Å². The van der Waals surface area contributed by atoms with Gasteiger partial charge in [0.2, 0.25) is 0 Å². The van der Waals surface area contributed by atoms with Crippen molar-refractivity contribution in [3.63, 3.8) is 0 Å². The van der Waals surface area contributed by atoms with Gasteiger partial charge in [-0.15, -0.1) is 11.8 Å². The third kappa shape index (κ3) is 2.89. The van der Waals surface area contributed by atoms with Gasteiger partial charge in [-0.05, 0) is 36.6 Å². The molecule has 1 unspecified atom stereocenters. The van der Waals surface area contributed by atoms with Crippen LogP contribution in [0.4, 0.5) is 0 Å². The van der Waals surface area contributed by atoms with Crippen LogP contribution in [0.25, 0.3) is 27.5 Å². The second kappa shape index (κ2) is 6.78. The maximum atomic E-state index is 11.3. The Labute approximate surface area is 163 Å². The molecular weight excluding hydrogens is 412 g/mol. The van der Waals surface area contributed by atoms with Crippen molar-refractivity contribution < 1.29 is 9.90 Å². The molecule has 0 aliphatic rings. The second-order valence-corrected chi connectivity index (χ2v) is 8.19. The normalized spacial score (nSPS) is 12.5. The zero-order valence-electron chi connectivity index (χ0n) is 13.9. The van der Waals surface area contributed by atoms with Crippen molar-refractivity contribution in [3.8, 4) is 5.69 Å². The lowest BCUT2D eigenvalue weighted by Crippen LogP contribution is -2.10. The van der Waals surface area contributed by atoms with E-state index >= 15 is 0 Å². The summed E-state index contributed by atoms with van der Waals surface area (Å²) in [5.74, 6) is -0.825. The number of carboxylic acid groups (broad SMARTS) is 1. The van der Waals surface area contributed by atoms with Crippen molar-refractivity contribution in [1.29, 1.82) is 0 Å². The standard InChI is InChI=1S/C20H15BrN2O2S/c1-12(20(24)25)26-18-11-23(19-15(18)7-4-10-22-19)17-9-8-16(21)13-5-2-3-6-14(13)17/h2-12H,1H3,(H,24,25). The van der Waals surface area contributed by atoms with Crippen LogP contribution < -0.4 is 0 Å². The molecule has 0 spiro atoms. The van der Waals surface area contributed by atoms with Gasteiger partial charge in [0.25, 0.3) is 0 Å². The maximum absolute atomic E-state index is 11.3. The molecule has 4 nitrogen and oxygen atoms in total. The number of carbonyl (C=O) groups is 1. The first-order chi connectivity index (χ1) is 12.6. The number of aromatic nitrogens is 2. The number of aliphatic carboxylic acids is 1. The molecule has 0 bridgehead atoms. The van der Waals surface area contributed by atoms with Crippen molar-refractivity contribution in [2.45, 2.75) is 17.1 Å². The van der Waals surface area contributed by atoms with E-state index in [1.807, 2.05) is 41.1 Å². The van der Waals surface area contributed by atoms with Crippen molar-refractivity contribution in [2.75, 3.05) is 0 Å². The van der Waals surface area contributed by atoms with Crippen LogP contribution in [-0.2, 0) is 4.79 Å². The Kier molecular flexibility index (Phi) is 4.46. The molecule has 0 radical (unpaired) electrons. The average molecular weight is 427 g/mol. The minimum absolute atomic E-state index is 0.532. The van der Waals surface area contributed by atoms with E-state index in [4.69, 9.17) is 0 Å². The van der Waals surface area contributed by atoms with Crippen LogP contribution in [0, 0.1) is 0 Å². The first-order valence-corrected chi connectivity index (χ1v) is 9.76. The highest BCUT2D eigenvalue weighted by Crippen LogP contribution is 2.36. The zero-order valence-corrected chi connectivity index (χ0v) is 16.3. The molecule has 4 aromatic rings. The van der Waals surface area contributed by atoms with E-state index in [9.17, 15) is 9.90 Å². The van der Waals surface area contributed by atoms with Crippen LogP contribution in [0.5, 0.6) is 0 Å². The lowest BCUT2D eigenvalue weighted by atomic mass is 10.1. The molecule has 0 fully saturated rings. The van der Waals surface area contributed by atoms with Gasteiger partial charge in [0.15, 0.2) is 0 Å². The largest absolute Gasteiger partial charge is 0.480 e. The number of fused-ring (bicyclic) bond motifs is 2. The van der Waals surface area contributed by atoms with Crippen molar-refractivity contribution in [3.05, 3.63) is 65.4 Å². The van der Waals surface area contributed by atoms with Gasteiger partial charge in [-0.3, -0.25) is 9.36 Å². The number of rotatable bonds is 4. The van der Waals surface area contributed by atoms with Gasteiger partial charge >= 0.3 is 5.97 Å². The molecule has 2 aromatic heterocycles. The molecule has 0 saturated heterocycles. The van der Waals surface area contributed by atoms with Gasteiger partial charge in [-0.1, -0.05) is 40.2 Å². The Morgan fingerprint density at radius 3 is 2.62 bits per heavy atom. The fourth-order valence-electron chi connectivity index (χ4n) is 3.00. The highest BCUT2D eigenvalue weighted by atomic mass is 79.9. The number of hydrogen-bond donors (Lipinski definition) is 1. The summed E-state index contributed by atoms with van der Waals surface area (Å²) < 4.78 is 3.08. The third-order valence-corrected chi connectivity index (χ3v) is 6.11. The van der Waals surface area contributed by atoms with Gasteiger partial charge in [-0.25, -0.2) is 4.98 Å². The Morgan fingerprint density at radius 1 is 1.12 bits per heavy atom. The smallest absolute Gasteiger partial charge is 0.316 e. The molecule has 1 atom stereocenters. The number of nitrogens with zero attached hydrogens (tertiary/aromatic N) is 2. The molecule has 0 saturated carbocycles. The van der Waals surface area contributed by atoms with E-state index in [2.05, 4.69) is 39.1 Å². The number of pyridine rings is 1. The summed E-state index contributed by atoms with van der Waals surface area (Å²) in [5, 5.41) is 11.9. The first-order valence-electron chi connectivity index (χ1n) is 8.09. The predicted octanol–water partition coefficient (Wildman–Crippen LogP) is 5.51. The number of hydrogen-bond acceptors (Lipinski definition) is 3. The van der Waals surface area contributed by atoms with E-state index in [1.54, 1.807) is 13.1 Å². The molecule has 2 aromatic carbocycles. The molecular formula is C20H15BrN2O2S. The third-order valence-electron chi connectivity index (χ3n) is 4.29. The van der Waals surface area contributed by atoms with E-state index in [0.29, 0.717) is 0 Å². The number of halogens is 1. The summed E-state index contributed by atoms with van der Waals surface area (Å²) in [7, 11) is 0. The summed E-state index contributed by atoms with van der Waals surface area (Å²) in [6.07, 6.45) is 3.74. The van der Waals surface area contributed by atoms with E-state index in [1.165, 1.54) is 11.8 Å². The Bertz CT molecular complexity index is 1140. The molecule has 1 N–H and O–H groups in total. The maximum Gasteiger partial charge on any atom is 0.316 e. The Hall–Kier alpha value is -2.31. The molecule has 0 aliphatic heterocycles. The summed E-state index contributed by atoms with van der Waals surface area (Å²) in [5.41, 5.74) is 1.84. The summed E-state index contributed by atoms with van der Waals surface area (Å²) >= 11 is 4.95. The van der Waals surface area contributed by atoms with E-state index in [0.717, 1.165) is 36.9 Å². The quantitative estimate of drug-likeness (QED) is 0.437. The van der Waals surface area contributed by atoms with Gasteiger partial charge in [0.05, 0.1) is 5.69 Å². The molecule has 130 valence electrons. The minimum atomic E-state index is -0.825. The molecule has 6 heteroatoms. The van der Waals surface area contributed by atoms with Gasteiger partial charge < -0.3 is 5.11 Å². The number of benzene rings is 2. The lowest BCUT2D eigenvalue weighted by molar-refractivity contribution is -0.136. The summed E-state index contributed by atoms with van der Waals surface area (Å²) in [6, 6.07) is 16.1. The monoisotopic (exact) mass is 426 g/mol. The van der Waals surface area contributed by atoms with Crippen LogP contribution in [0.3, 0.4) is 0 Å². The fraction of sp³-hybridized carbons (Fsp3) is 0.100. The van der Waals surface area contributed by atoms with Gasteiger partial charge in [-0.2, -0.15) is 0 Å². The topological polar surface area (TPSA) is 55.1 Å². The molecule has 26 heavy (non-hydrogen) atoms. The average Bonchev–Trinajstić information content (AvgIpc) is 3.01. The van der Waals surface area contributed by atoms with Crippen molar-refractivity contribution in [1.82, 2.24) is 9.55 Å².